The summed E-state index contributed by atoms with van der Waals surface area (Å²) in [7, 11) is 0. The lowest BCUT2D eigenvalue weighted by atomic mass is 10.1. The van der Waals surface area contributed by atoms with E-state index in [0.717, 1.165) is 12.0 Å². The van der Waals surface area contributed by atoms with Gasteiger partial charge in [0.25, 0.3) is 11.8 Å². The Kier molecular flexibility index (Phi) is 7.99. The van der Waals surface area contributed by atoms with Crippen molar-refractivity contribution in [3.05, 3.63) is 65.7 Å². The first-order valence-electron chi connectivity index (χ1n) is 8.59. The Morgan fingerprint density at radius 3 is 2.52 bits per heavy atom. The molecule has 7 heteroatoms. The maximum absolute atomic E-state index is 11.8. The number of carbonyl (C=O) groups is 2. The van der Waals surface area contributed by atoms with Crippen LogP contribution in [0.2, 0.25) is 0 Å². The topological polar surface area (TPSA) is 100 Å². The fourth-order valence-electron chi connectivity index (χ4n) is 2.10. The van der Waals surface area contributed by atoms with Crippen molar-refractivity contribution in [2.75, 3.05) is 13.2 Å². The van der Waals surface area contributed by atoms with Crippen molar-refractivity contribution >= 4 is 18.0 Å². The van der Waals surface area contributed by atoms with Gasteiger partial charge in [0, 0.05) is 6.54 Å². The van der Waals surface area contributed by atoms with Crippen LogP contribution < -0.4 is 15.5 Å². The van der Waals surface area contributed by atoms with Crippen molar-refractivity contribution in [1.82, 2.24) is 10.7 Å². The average molecular weight is 369 g/mol. The minimum Gasteiger partial charge on any atom is -0.484 e. The lowest BCUT2D eigenvalue weighted by Crippen LogP contribution is -2.30. The van der Waals surface area contributed by atoms with Gasteiger partial charge in [0.2, 0.25) is 0 Å². The second-order valence-corrected chi connectivity index (χ2v) is 5.85. The number of ether oxygens (including phenoxy) is 1. The van der Waals surface area contributed by atoms with E-state index in [9.17, 15) is 9.59 Å². The molecule has 0 bridgehead atoms. The zero-order valence-electron chi connectivity index (χ0n) is 15.1. The molecule has 0 unspecified atom stereocenters. The van der Waals surface area contributed by atoms with Gasteiger partial charge in [0.05, 0.1) is 6.21 Å². The summed E-state index contributed by atoms with van der Waals surface area (Å²) in [6.45, 7) is 1.85. The normalized spacial score (nSPS) is 11.8. The van der Waals surface area contributed by atoms with Gasteiger partial charge in [-0.3, -0.25) is 9.59 Å². The van der Waals surface area contributed by atoms with E-state index in [1.165, 1.54) is 18.7 Å². The van der Waals surface area contributed by atoms with Crippen LogP contribution in [0.5, 0.6) is 5.75 Å². The second-order valence-electron chi connectivity index (χ2n) is 5.85. The summed E-state index contributed by atoms with van der Waals surface area (Å²) in [5.74, 6) is -0.208. The highest BCUT2D eigenvalue weighted by Gasteiger charge is 2.06. The van der Waals surface area contributed by atoms with Crippen molar-refractivity contribution in [2.45, 2.75) is 19.4 Å². The van der Waals surface area contributed by atoms with Crippen LogP contribution in [0.4, 0.5) is 0 Å². The largest absolute Gasteiger partial charge is 0.484 e. The molecule has 3 N–H and O–H groups in total. The summed E-state index contributed by atoms with van der Waals surface area (Å²) >= 11 is 0. The third-order valence-electron chi connectivity index (χ3n) is 3.60. The molecule has 0 heterocycles. The molecule has 2 aromatic rings. The number of nitrogens with zero attached hydrogens (tertiary/aromatic N) is 1. The molecule has 0 radical (unpaired) electrons. The quantitative estimate of drug-likeness (QED) is 0.458. The maximum Gasteiger partial charge on any atom is 0.268 e. The van der Waals surface area contributed by atoms with E-state index < -0.39 is 12.0 Å². The van der Waals surface area contributed by atoms with Gasteiger partial charge in [-0.2, -0.15) is 5.10 Å². The Balaban J connectivity index is 1.69. The lowest BCUT2D eigenvalue weighted by Gasteiger charge is -2.08. The summed E-state index contributed by atoms with van der Waals surface area (Å²) in [6.07, 6.45) is 1.10. The predicted molar refractivity (Wildman–Crippen MR) is 103 cm³/mol. The van der Waals surface area contributed by atoms with Crippen molar-refractivity contribution in [2.24, 2.45) is 5.10 Å². The van der Waals surface area contributed by atoms with Gasteiger partial charge in [-0.05, 0) is 48.7 Å². The molecule has 0 aliphatic rings. The lowest BCUT2D eigenvalue weighted by molar-refractivity contribution is -0.128. The molecule has 0 saturated carbocycles. The van der Waals surface area contributed by atoms with Crippen LogP contribution in [0.25, 0.3) is 0 Å². The van der Waals surface area contributed by atoms with Crippen molar-refractivity contribution in [3.63, 3.8) is 0 Å². The van der Waals surface area contributed by atoms with Crippen molar-refractivity contribution in [3.8, 4) is 5.75 Å². The van der Waals surface area contributed by atoms with E-state index in [2.05, 4.69) is 15.8 Å². The van der Waals surface area contributed by atoms with Gasteiger partial charge < -0.3 is 15.2 Å². The van der Waals surface area contributed by atoms with Crippen LogP contribution in [0, 0.1) is 0 Å². The number of aliphatic hydroxyl groups excluding tert-OH is 1. The Morgan fingerprint density at radius 1 is 1.15 bits per heavy atom. The van der Waals surface area contributed by atoms with E-state index in [1.807, 2.05) is 30.3 Å². The molecule has 27 heavy (non-hydrogen) atoms. The molecule has 0 aliphatic heterocycles. The number of hydrogen-bond donors (Lipinski definition) is 3. The summed E-state index contributed by atoms with van der Waals surface area (Å²) in [5.41, 5.74) is 4.12. The summed E-state index contributed by atoms with van der Waals surface area (Å²) in [4.78, 5) is 23.0. The zero-order chi connectivity index (χ0) is 19.5. The molecule has 142 valence electrons. The monoisotopic (exact) mass is 369 g/mol. The minimum absolute atomic E-state index is 0.0628. The van der Waals surface area contributed by atoms with Crippen LogP contribution >= 0.6 is 0 Å². The molecule has 2 rings (SSSR count). The number of benzene rings is 2. The number of aliphatic hydroxyl groups is 1. The van der Waals surface area contributed by atoms with Crippen molar-refractivity contribution in [1.29, 1.82) is 0 Å². The maximum atomic E-state index is 11.8. The Labute approximate surface area is 158 Å². The molecule has 2 amide bonds. The smallest absolute Gasteiger partial charge is 0.268 e. The SMILES string of the molecule is C[C@H](O)C(=O)N/N=C\c1ccc(OCC(=O)NCCc2ccccc2)cc1. The first kappa shape index (κ1) is 20.1. The van der Waals surface area contributed by atoms with Crippen LogP contribution in [0.15, 0.2) is 59.7 Å². The molecular weight excluding hydrogens is 346 g/mol. The molecule has 2 aromatic carbocycles. The first-order valence-corrected chi connectivity index (χ1v) is 8.59. The van der Waals surface area contributed by atoms with E-state index in [1.54, 1.807) is 24.3 Å². The standard InChI is InChI=1S/C20H23N3O4/c1-15(24)20(26)23-22-13-17-7-9-18(10-8-17)27-14-19(25)21-12-11-16-5-3-2-4-6-16/h2-10,13,15,24H,11-12,14H2,1H3,(H,21,25)(H,23,26)/b22-13-/t15-/m0/s1. The minimum atomic E-state index is -1.11. The average Bonchev–Trinajstić information content (AvgIpc) is 2.68. The summed E-state index contributed by atoms with van der Waals surface area (Å²) in [6, 6.07) is 16.8. The van der Waals surface area contributed by atoms with Gasteiger partial charge in [0.1, 0.15) is 11.9 Å². The van der Waals surface area contributed by atoms with Crippen LogP contribution in [0.3, 0.4) is 0 Å². The second kappa shape index (κ2) is 10.7. The van der Waals surface area contributed by atoms with Gasteiger partial charge in [-0.25, -0.2) is 5.43 Å². The number of hydrazone groups is 1. The van der Waals surface area contributed by atoms with E-state index in [-0.39, 0.29) is 12.5 Å². The third kappa shape index (κ3) is 7.70. The fraction of sp³-hybridized carbons (Fsp3) is 0.250. The summed E-state index contributed by atoms with van der Waals surface area (Å²) in [5, 5.41) is 15.6. The molecule has 0 spiro atoms. The highest BCUT2D eigenvalue weighted by atomic mass is 16.5. The third-order valence-corrected chi connectivity index (χ3v) is 3.60. The molecule has 0 aromatic heterocycles. The van der Waals surface area contributed by atoms with Gasteiger partial charge in [-0.15, -0.1) is 0 Å². The number of rotatable bonds is 9. The number of hydrogen-bond acceptors (Lipinski definition) is 5. The molecule has 1 atom stereocenters. The van der Waals surface area contributed by atoms with E-state index in [4.69, 9.17) is 9.84 Å². The number of carbonyl (C=O) groups excluding carboxylic acids is 2. The Morgan fingerprint density at radius 2 is 1.85 bits per heavy atom. The summed E-state index contributed by atoms with van der Waals surface area (Å²) < 4.78 is 5.44. The molecule has 0 saturated heterocycles. The van der Waals surface area contributed by atoms with Gasteiger partial charge >= 0.3 is 0 Å². The zero-order valence-corrected chi connectivity index (χ0v) is 15.1. The van der Waals surface area contributed by atoms with Gasteiger partial charge in [-0.1, -0.05) is 30.3 Å². The Bertz CT molecular complexity index is 759. The first-order chi connectivity index (χ1) is 13.0. The van der Waals surface area contributed by atoms with Crippen LogP contribution in [-0.4, -0.2) is 42.4 Å². The van der Waals surface area contributed by atoms with Crippen LogP contribution in [-0.2, 0) is 16.0 Å². The molecule has 7 nitrogen and oxygen atoms in total. The van der Waals surface area contributed by atoms with Gasteiger partial charge in [0.15, 0.2) is 6.61 Å². The molecule has 0 fully saturated rings. The number of nitrogens with one attached hydrogen (secondary N) is 2. The highest BCUT2D eigenvalue weighted by Crippen LogP contribution is 2.10. The Hall–Kier alpha value is -3.19. The van der Waals surface area contributed by atoms with Crippen LogP contribution in [0.1, 0.15) is 18.1 Å². The van der Waals surface area contributed by atoms with E-state index >= 15 is 0 Å². The van der Waals surface area contributed by atoms with E-state index in [0.29, 0.717) is 12.3 Å². The number of amides is 2. The molecule has 0 aliphatic carbocycles. The fourth-order valence-corrected chi connectivity index (χ4v) is 2.10. The highest BCUT2D eigenvalue weighted by molar-refractivity contribution is 5.84. The van der Waals surface area contributed by atoms with Crippen molar-refractivity contribution < 1.29 is 19.4 Å². The molecular formula is C20H23N3O4. The predicted octanol–water partition coefficient (Wildman–Crippen LogP) is 1.26.